The molecule has 0 amide bonds. The van der Waals surface area contributed by atoms with Crippen LogP contribution in [0.15, 0.2) is 24.3 Å². The number of nitrogens with two attached hydrogens (primary N) is 1. The number of halogens is 4. The normalized spacial score (nSPS) is 9.85. The zero-order valence-electron chi connectivity index (χ0n) is 14.2. The predicted molar refractivity (Wildman–Crippen MR) is 107 cm³/mol. The lowest BCUT2D eigenvalue weighted by atomic mass is 10.1. The summed E-state index contributed by atoms with van der Waals surface area (Å²) in [5.74, 6) is -0.421. The molecule has 5 nitrogen and oxygen atoms in total. The minimum atomic E-state index is -0.421. The van der Waals surface area contributed by atoms with Crippen LogP contribution >= 0.6 is 46.4 Å². The number of benzene rings is 2. The molecule has 0 saturated carbocycles. The van der Waals surface area contributed by atoms with Crippen molar-refractivity contribution in [3.63, 3.8) is 0 Å². The Morgan fingerprint density at radius 2 is 1.67 bits per heavy atom. The van der Waals surface area contributed by atoms with Crippen LogP contribution in [0.4, 0.5) is 0 Å². The minimum absolute atomic E-state index is 0.00148. The number of esters is 1. The smallest absolute Gasteiger partial charge is 0.302 e. The Balaban J connectivity index is 0.000000277. The summed E-state index contributed by atoms with van der Waals surface area (Å²) < 4.78 is 4.77. The van der Waals surface area contributed by atoms with Gasteiger partial charge in [-0.2, -0.15) is 5.26 Å². The van der Waals surface area contributed by atoms with Gasteiger partial charge in [-0.25, -0.2) is 0 Å². The molecule has 0 bridgehead atoms. The molecule has 0 heterocycles. The Bertz CT molecular complexity index is 867. The van der Waals surface area contributed by atoms with Crippen molar-refractivity contribution in [2.75, 3.05) is 0 Å². The number of ether oxygens (including phenoxy) is 1. The molecule has 0 fully saturated rings. The Kier molecular flexibility index (Phi) is 9.89. The molecule has 0 aliphatic rings. The van der Waals surface area contributed by atoms with Crippen LogP contribution in [0.1, 0.15) is 29.2 Å². The van der Waals surface area contributed by atoms with Crippen molar-refractivity contribution >= 4 is 52.4 Å². The van der Waals surface area contributed by atoms with Crippen LogP contribution in [0.25, 0.3) is 0 Å². The van der Waals surface area contributed by atoms with Crippen LogP contribution < -0.4 is 5.73 Å². The monoisotopic (exact) mass is 448 g/mol. The fourth-order valence-electron chi connectivity index (χ4n) is 2.07. The first kappa shape index (κ1) is 23.5. The first-order chi connectivity index (χ1) is 12.7. The predicted octanol–water partition coefficient (Wildman–Crippen LogP) is 4.87. The first-order valence-electron chi connectivity index (χ1n) is 7.52. The lowest BCUT2D eigenvalue weighted by Gasteiger charge is -2.07. The molecule has 0 unspecified atom stereocenters. The van der Waals surface area contributed by atoms with Crippen molar-refractivity contribution in [3.05, 3.63) is 66.6 Å². The molecule has 0 saturated heterocycles. The molecule has 0 aliphatic heterocycles. The van der Waals surface area contributed by atoms with Gasteiger partial charge in [-0.05, 0) is 35.4 Å². The quantitative estimate of drug-likeness (QED) is 0.648. The van der Waals surface area contributed by atoms with Crippen molar-refractivity contribution in [2.24, 2.45) is 5.73 Å². The number of hydrogen-bond acceptors (Lipinski definition) is 5. The molecule has 2 aromatic carbocycles. The van der Waals surface area contributed by atoms with Gasteiger partial charge in [0.1, 0.15) is 12.7 Å². The summed E-state index contributed by atoms with van der Waals surface area (Å²) in [6.45, 7) is 1.51. The second-order valence-corrected chi connectivity index (χ2v) is 6.89. The maximum absolute atomic E-state index is 10.6. The van der Waals surface area contributed by atoms with E-state index in [9.17, 15) is 4.79 Å². The molecule has 27 heavy (non-hydrogen) atoms. The number of nitrogens with zero attached hydrogens (tertiary/aromatic N) is 1. The molecule has 0 aliphatic carbocycles. The van der Waals surface area contributed by atoms with Crippen LogP contribution in [-0.2, 0) is 29.3 Å². The van der Waals surface area contributed by atoms with Gasteiger partial charge in [0.2, 0.25) is 0 Å². The average molecular weight is 450 g/mol. The highest BCUT2D eigenvalue weighted by Gasteiger charge is 2.10. The molecule has 144 valence electrons. The third-order valence-corrected chi connectivity index (χ3v) is 4.38. The van der Waals surface area contributed by atoms with Crippen molar-refractivity contribution in [2.45, 2.75) is 26.7 Å². The summed E-state index contributed by atoms with van der Waals surface area (Å²) in [6, 6.07) is 8.23. The third-order valence-electron chi connectivity index (χ3n) is 3.31. The van der Waals surface area contributed by atoms with Gasteiger partial charge >= 0.3 is 5.97 Å². The summed E-state index contributed by atoms with van der Waals surface area (Å²) in [7, 11) is 0. The number of carbonyl (C=O) groups excluding carboxylic acids is 1. The van der Waals surface area contributed by atoms with E-state index in [0.29, 0.717) is 32.7 Å². The van der Waals surface area contributed by atoms with Gasteiger partial charge in [0.25, 0.3) is 0 Å². The lowest BCUT2D eigenvalue weighted by molar-refractivity contribution is -0.142. The molecule has 0 aromatic heterocycles. The SMILES string of the molecule is CC(=O)OCc1cc(Cl)cc(Cl)c1C#N.NCc1c(Cl)cc(Cl)cc1CO. The van der Waals surface area contributed by atoms with Gasteiger partial charge in [-0.1, -0.05) is 46.4 Å². The summed E-state index contributed by atoms with van der Waals surface area (Å²) in [4.78, 5) is 10.6. The Morgan fingerprint density at radius 1 is 1.11 bits per heavy atom. The molecule has 2 rings (SSSR count). The Hall–Kier alpha value is -1.52. The third kappa shape index (κ3) is 7.19. The van der Waals surface area contributed by atoms with Gasteiger partial charge in [-0.3, -0.25) is 4.79 Å². The molecule has 3 N–H and O–H groups in total. The van der Waals surface area contributed by atoms with Crippen LogP contribution in [0.2, 0.25) is 20.1 Å². The van der Waals surface area contributed by atoms with Crippen molar-refractivity contribution < 1.29 is 14.6 Å². The van der Waals surface area contributed by atoms with Gasteiger partial charge in [-0.15, -0.1) is 0 Å². The van der Waals surface area contributed by atoms with Crippen molar-refractivity contribution in [3.8, 4) is 6.07 Å². The van der Waals surface area contributed by atoms with E-state index in [1.54, 1.807) is 18.2 Å². The van der Waals surface area contributed by atoms with Crippen molar-refractivity contribution in [1.29, 1.82) is 5.26 Å². The zero-order chi connectivity index (χ0) is 20.6. The molecule has 0 spiro atoms. The summed E-state index contributed by atoms with van der Waals surface area (Å²) >= 11 is 23.1. The maximum atomic E-state index is 10.6. The van der Waals surface area contributed by atoms with E-state index < -0.39 is 5.97 Å². The van der Waals surface area contributed by atoms with Crippen LogP contribution in [-0.4, -0.2) is 11.1 Å². The van der Waals surface area contributed by atoms with Gasteiger partial charge in [0.15, 0.2) is 0 Å². The maximum Gasteiger partial charge on any atom is 0.302 e. The van der Waals surface area contributed by atoms with Crippen LogP contribution in [0, 0.1) is 11.3 Å². The highest BCUT2D eigenvalue weighted by Crippen LogP contribution is 2.26. The zero-order valence-corrected chi connectivity index (χ0v) is 17.3. The first-order valence-corrected chi connectivity index (χ1v) is 9.03. The topological polar surface area (TPSA) is 96.3 Å². The summed E-state index contributed by atoms with van der Waals surface area (Å²) in [5.41, 5.74) is 7.67. The Morgan fingerprint density at radius 3 is 2.15 bits per heavy atom. The number of aliphatic hydroxyl groups excluding tert-OH is 1. The van der Waals surface area contributed by atoms with E-state index in [1.807, 2.05) is 6.07 Å². The fraction of sp³-hybridized carbons (Fsp3) is 0.222. The lowest BCUT2D eigenvalue weighted by Crippen LogP contribution is -2.02. The molecular formula is C18H16Cl4N2O3. The van der Waals surface area contributed by atoms with E-state index in [2.05, 4.69) is 0 Å². The average Bonchev–Trinajstić information content (AvgIpc) is 2.59. The number of carbonyl (C=O) groups is 1. The largest absolute Gasteiger partial charge is 0.461 e. The number of aliphatic hydroxyl groups is 1. The van der Waals surface area contributed by atoms with Crippen LogP contribution in [0.5, 0.6) is 0 Å². The molecular weight excluding hydrogens is 434 g/mol. The van der Waals surface area contributed by atoms with Crippen molar-refractivity contribution in [1.82, 2.24) is 0 Å². The van der Waals surface area contributed by atoms with E-state index in [4.69, 9.17) is 67.2 Å². The fourth-order valence-corrected chi connectivity index (χ4v) is 3.26. The van der Waals surface area contributed by atoms with Gasteiger partial charge in [0, 0.05) is 34.1 Å². The number of nitriles is 1. The van der Waals surface area contributed by atoms with E-state index in [0.717, 1.165) is 5.56 Å². The minimum Gasteiger partial charge on any atom is -0.461 e. The second kappa shape index (κ2) is 11.4. The highest BCUT2D eigenvalue weighted by molar-refractivity contribution is 6.35. The van der Waals surface area contributed by atoms with E-state index >= 15 is 0 Å². The summed E-state index contributed by atoms with van der Waals surface area (Å²) in [6.07, 6.45) is 0. The van der Waals surface area contributed by atoms with Gasteiger partial charge in [0.05, 0.1) is 17.2 Å². The standard InChI is InChI=1S/C10H7Cl2NO2.C8H9Cl2NO/c1-6(14)15-5-7-2-8(11)3-10(12)9(7)4-13;9-6-1-5(4-12)7(3-11)8(10)2-6/h2-3H,5H2,1H3;1-2,12H,3-4,11H2. The van der Waals surface area contributed by atoms with E-state index in [1.165, 1.54) is 13.0 Å². The Labute approximate surface area is 177 Å². The molecule has 0 radical (unpaired) electrons. The second-order valence-electron chi connectivity index (χ2n) is 5.20. The van der Waals surface area contributed by atoms with Gasteiger partial charge < -0.3 is 15.6 Å². The number of hydrogen-bond donors (Lipinski definition) is 2. The van der Waals surface area contributed by atoms with Crippen LogP contribution in [0.3, 0.4) is 0 Å². The number of rotatable bonds is 4. The molecule has 0 atom stereocenters. The molecule has 9 heteroatoms. The van der Waals surface area contributed by atoms with E-state index in [-0.39, 0.29) is 23.8 Å². The summed E-state index contributed by atoms with van der Waals surface area (Å²) in [5, 5.41) is 19.4. The highest BCUT2D eigenvalue weighted by atomic mass is 35.5. The molecule has 2 aromatic rings.